The number of aromatic nitrogens is 1. The van der Waals surface area contributed by atoms with Gasteiger partial charge in [0.2, 0.25) is 0 Å². The van der Waals surface area contributed by atoms with Crippen LogP contribution in [0.3, 0.4) is 0 Å². The molecule has 11 heteroatoms. The van der Waals surface area contributed by atoms with Gasteiger partial charge in [-0.25, -0.2) is 4.72 Å². The van der Waals surface area contributed by atoms with E-state index in [0.717, 1.165) is 57.7 Å². The molecule has 1 fully saturated rings. The van der Waals surface area contributed by atoms with Crippen molar-refractivity contribution in [1.29, 1.82) is 0 Å². The molecule has 1 aromatic heterocycles. The third kappa shape index (κ3) is 5.74. The number of aliphatic hydroxyl groups excluding tert-OH is 2. The number of fused-ring (bicyclic) bond motifs is 5. The van der Waals surface area contributed by atoms with Crippen molar-refractivity contribution in [2.45, 2.75) is 50.7 Å². The number of amides is 2. The first-order valence-corrected chi connectivity index (χ1v) is 15.7. The highest BCUT2D eigenvalue weighted by atomic mass is 32.2. The number of aliphatic hydroxyl groups is 2. The zero-order valence-electron chi connectivity index (χ0n) is 24.2. The molecule has 224 valence electrons. The highest BCUT2D eigenvalue weighted by Crippen LogP contribution is 2.46. The monoisotopic (exact) mass is 594 g/mol. The van der Waals surface area contributed by atoms with Crippen LogP contribution in [0.4, 0.5) is 0 Å². The fraction of sp³-hybridized carbons (Fsp3) is 0.419. The van der Waals surface area contributed by atoms with E-state index in [1.807, 2.05) is 36.4 Å². The molecule has 0 radical (unpaired) electrons. The molecule has 2 aromatic carbocycles. The lowest BCUT2D eigenvalue weighted by Gasteiger charge is -2.24. The molecule has 3 N–H and O–H groups in total. The molecular formula is C31H38N4O6S. The van der Waals surface area contributed by atoms with Crippen molar-refractivity contribution in [2.75, 3.05) is 34.3 Å². The number of carbonyl (C=O) groups excluding carboxylic acids is 2. The third-order valence-corrected chi connectivity index (χ3v) is 9.68. The largest absolute Gasteiger partial charge is 0.394 e. The van der Waals surface area contributed by atoms with E-state index in [-0.39, 0.29) is 24.6 Å². The van der Waals surface area contributed by atoms with Gasteiger partial charge in [-0.15, -0.1) is 0 Å². The average molecular weight is 595 g/mol. The van der Waals surface area contributed by atoms with E-state index in [9.17, 15) is 28.2 Å². The van der Waals surface area contributed by atoms with Gasteiger partial charge in [-0.1, -0.05) is 49.6 Å². The summed E-state index contributed by atoms with van der Waals surface area (Å²) < 4.78 is 29.9. The van der Waals surface area contributed by atoms with Crippen molar-refractivity contribution in [1.82, 2.24) is 18.5 Å². The SMILES string of the molecule is CN(CC(O)CO)C(=O)C1=Cc2ccccc2-c2c(C3CCCCC3)c3ccc(C(=O)NS(=O)(=O)N(C)C)cc3n2C1. The molecule has 0 saturated heterocycles. The zero-order chi connectivity index (χ0) is 30.2. The summed E-state index contributed by atoms with van der Waals surface area (Å²) in [4.78, 5) is 28.2. The standard InChI is InChI=1S/C31H38N4O6S/c1-33(2)42(40,41)32-30(38)22-13-14-26-27(16-22)35-17-23(31(39)34(3)18-24(37)19-36)15-21-11-7-8-12-25(21)29(35)28(26)20-9-5-4-6-10-20/h7-8,11-16,20,24,36-37H,4-6,9-10,17-19H2,1-3H3,(H,32,38). The molecule has 2 heterocycles. The van der Waals surface area contributed by atoms with E-state index >= 15 is 0 Å². The molecule has 1 unspecified atom stereocenters. The van der Waals surface area contributed by atoms with Gasteiger partial charge in [0, 0.05) is 55.3 Å². The highest BCUT2D eigenvalue weighted by Gasteiger charge is 2.31. The summed E-state index contributed by atoms with van der Waals surface area (Å²) in [6.45, 7) is -0.261. The van der Waals surface area contributed by atoms with Crippen LogP contribution in [-0.4, -0.2) is 84.6 Å². The van der Waals surface area contributed by atoms with Gasteiger partial charge >= 0.3 is 10.2 Å². The number of carbonyl (C=O) groups is 2. The van der Waals surface area contributed by atoms with Gasteiger partial charge in [-0.3, -0.25) is 9.59 Å². The first kappa shape index (κ1) is 30.0. The fourth-order valence-corrected chi connectivity index (χ4v) is 6.65. The van der Waals surface area contributed by atoms with E-state index in [1.54, 1.807) is 19.2 Å². The summed E-state index contributed by atoms with van der Waals surface area (Å²) in [5.74, 6) is -0.713. The molecule has 1 saturated carbocycles. The second kappa shape index (κ2) is 12.0. The first-order chi connectivity index (χ1) is 20.0. The van der Waals surface area contributed by atoms with Crippen molar-refractivity contribution in [3.63, 3.8) is 0 Å². The summed E-state index contributed by atoms with van der Waals surface area (Å²) in [6, 6.07) is 13.2. The van der Waals surface area contributed by atoms with Crippen LogP contribution in [-0.2, 0) is 21.5 Å². The minimum Gasteiger partial charge on any atom is -0.394 e. The van der Waals surface area contributed by atoms with E-state index in [4.69, 9.17) is 0 Å². The number of hydrogen-bond acceptors (Lipinski definition) is 6. The Morgan fingerprint density at radius 1 is 1.07 bits per heavy atom. The molecule has 0 spiro atoms. The molecule has 2 aliphatic rings. The smallest absolute Gasteiger partial charge is 0.303 e. The first-order valence-electron chi connectivity index (χ1n) is 14.3. The van der Waals surface area contributed by atoms with Gasteiger partial charge in [0.1, 0.15) is 0 Å². The van der Waals surface area contributed by atoms with Crippen molar-refractivity contribution in [2.24, 2.45) is 0 Å². The van der Waals surface area contributed by atoms with Crippen LogP contribution in [0, 0.1) is 0 Å². The van der Waals surface area contributed by atoms with Crippen LogP contribution in [0.15, 0.2) is 48.0 Å². The molecule has 3 aromatic rings. The number of likely N-dealkylation sites (N-methyl/N-ethyl adjacent to an activating group) is 1. The molecule has 1 aliphatic carbocycles. The van der Waals surface area contributed by atoms with Crippen LogP contribution in [0.1, 0.15) is 59.5 Å². The minimum atomic E-state index is -3.99. The van der Waals surface area contributed by atoms with Crippen molar-refractivity contribution < 1.29 is 28.2 Å². The lowest BCUT2D eigenvalue weighted by atomic mass is 9.81. The molecule has 5 rings (SSSR count). The van der Waals surface area contributed by atoms with Crippen LogP contribution < -0.4 is 4.72 Å². The summed E-state index contributed by atoms with van der Waals surface area (Å²) in [5.41, 5.74) is 5.50. The molecule has 10 nitrogen and oxygen atoms in total. The van der Waals surface area contributed by atoms with E-state index in [1.165, 1.54) is 31.0 Å². The number of nitrogens with zero attached hydrogens (tertiary/aromatic N) is 3. The van der Waals surface area contributed by atoms with Crippen LogP contribution in [0.2, 0.25) is 0 Å². The van der Waals surface area contributed by atoms with Crippen molar-refractivity contribution in [3.8, 4) is 11.3 Å². The number of rotatable bonds is 8. The Morgan fingerprint density at radius 3 is 2.48 bits per heavy atom. The molecule has 2 amide bonds. The number of hydrogen-bond donors (Lipinski definition) is 3. The zero-order valence-corrected chi connectivity index (χ0v) is 25.0. The maximum atomic E-state index is 13.7. The Bertz CT molecular complexity index is 1650. The van der Waals surface area contributed by atoms with Gasteiger partial charge < -0.3 is 19.7 Å². The predicted octanol–water partition coefficient (Wildman–Crippen LogP) is 3.10. The van der Waals surface area contributed by atoms with Crippen LogP contribution in [0.25, 0.3) is 28.2 Å². The maximum Gasteiger partial charge on any atom is 0.303 e. The lowest BCUT2D eigenvalue weighted by Crippen LogP contribution is -2.39. The van der Waals surface area contributed by atoms with E-state index in [0.29, 0.717) is 11.5 Å². The summed E-state index contributed by atoms with van der Waals surface area (Å²) in [7, 11) is 0.302. The number of nitrogens with one attached hydrogen (secondary N) is 1. The second-order valence-electron chi connectivity index (χ2n) is 11.4. The van der Waals surface area contributed by atoms with Gasteiger partial charge in [0.25, 0.3) is 11.8 Å². The van der Waals surface area contributed by atoms with Crippen LogP contribution in [0.5, 0.6) is 0 Å². The predicted molar refractivity (Wildman–Crippen MR) is 162 cm³/mol. The molecular weight excluding hydrogens is 556 g/mol. The maximum absolute atomic E-state index is 13.7. The van der Waals surface area contributed by atoms with E-state index in [2.05, 4.69) is 9.29 Å². The van der Waals surface area contributed by atoms with E-state index < -0.39 is 28.8 Å². The minimum absolute atomic E-state index is 0.0222. The molecule has 0 bridgehead atoms. The van der Waals surface area contributed by atoms with Gasteiger partial charge in [-0.2, -0.15) is 12.7 Å². The van der Waals surface area contributed by atoms with Gasteiger partial charge in [0.05, 0.1) is 24.9 Å². The topological polar surface area (TPSA) is 132 Å². The number of benzene rings is 2. The third-order valence-electron chi connectivity index (χ3n) is 8.27. The quantitative estimate of drug-likeness (QED) is 0.367. The summed E-state index contributed by atoms with van der Waals surface area (Å²) >= 11 is 0. The summed E-state index contributed by atoms with van der Waals surface area (Å²) in [6.07, 6.45) is 6.35. The molecule has 42 heavy (non-hydrogen) atoms. The second-order valence-corrected chi connectivity index (χ2v) is 13.3. The summed E-state index contributed by atoms with van der Waals surface area (Å²) in [5, 5.41) is 20.3. The molecule has 1 atom stereocenters. The lowest BCUT2D eigenvalue weighted by molar-refractivity contribution is -0.127. The van der Waals surface area contributed by atoms with Crippen molar-refractivity contribution in [3.05, 3.63) is 64.7 Å². The highest BCUT2D eigenvalue weighted by molar-refractivity contribution is 7.87. The Hall–Kier alpha value is -3.51. The average Bonchev–Trinajstić information content (AvgIpc) is 3.19. The fourth-order valence-electron chi connectivity index (χ4n) is 6.12. The molecule has 1 aliphatic heterocycles. The van der Waals surface area contributed by atoms with Gasteiger partial charge in [-0.05, 0) is 48.1 Å². The van der Waals surface area contributed by atoms with Crippen molar-refractivity contribution >= 4 is 39.0 Å². The Kier molecular flexibility index (Phi) is 8.56. The Morgan fingerprint density at radius 2 is 1.79 bits per heavy atom. The Labute approximate surface area is 246 Å². The Balaban J connectivity index is 1.70. The van der Waals surface area contributed by atoms with Crippen LogP contribution >= 0.6 is 0 Å². The normalized spacial score (nSPS) is 16.4. The van der Waals surface area contributed by atoms with Gasteiger partial charge in [0.15, 0.2) is 0 Å².